The van der Waals surface area contributed by atoms with Crippen LogP contribution in [0, 0.1) is 15.9 Å². The number of benzene rings is 1. The van der Waals surface area contributed by atoms with E-state index in [4.69, 9.17) is 11.6 Å². The van der Waals surface area contributed by atoms with Crippen LogP contribution in [0.4, 0.5) is 15.8 Å². The number of hydrogen-bond donors (Lipinski definition) is 1. The van der Waals surface area contributed by atoms with E-state index in [1.54, 1.807) is 0 Å². The molecule has 0 unspecified atom stereocenters. The Morgan fingerprint density at radius 3 is 2.81 bits per heavy atom. The highest BCUT2D eigenvalue weighted by Crippen LogP contribution is 2.27. The lowest BCUT2D eigenvalue weighted by Crippen LogP contribution is -2.15. The first kappa shape index (κ1) is 15.3. The van der Waals surface area contributed by atoms with Crippen molar-refractivity contribution in [1.29, 1.82) is 0 Å². The van der Waals surface area contributed by atoms with E-state index in [2.05, 4.69) is 26.2 Å². The van der Waals surface area contributed by atoms with Crippen molar-refractivity contribution >= 4 is 44.8 Å². The molecule has 0 spiro atoms. The summed E-state index contributed by atoms with van der Waals surface area (Å²) in [7, 11) is 0. The molecule has 6 nitrogen and oxygen atoms in total. The average molecular weight is 375 g/mol. The minimum Gasteiger partial charge on any atom is -0.319 e. The number of amides is 1. The number of halogens is 3. The van der Waals surface area contributed by atoms with Gasteiger partial charge in [-0.1, -0.05) is 27.5 Å². The van der Waals surface area contributed by atoms with Crippen molar-refractivity contribution in [3.63, 3.8) is 0 Å². The summed E-state index contributed by atoms with van der Waals surface area (Å²) in [6.45, 7) is 0. The number of nitro groups is 1. The van der Waals surface area contributed by atoms with Crippen LogP contribution in [0.3, 0.4) is 0 Å². The number of nitrogens with one attached hydrogen (secondary N) is 1. The van der Waals surface area contributed by atoms with Gasteiger partial charge >= 0.3 is 5.69 Å². The normalized spacial score (nSPS) is 10.2. The molecule has 0 bridgehead atoms. The van der Waals surface area contributed by atoms with Crippen LogP contribution >= 0.6 is 27.5 Å². The second kappa shape index (κ2) is 6.15. The fourth-order valence-electron chi connectivity index (χ4n) is 1.57. The van der Waals surface area contributed by atoms with Crippen molar-refractivity contribution in [2.45, 2.75) is 0 Å². The Labute approximate surface area is 131 Å². The maximum atomic E-state index is 13.6. The molecule has 0 aliphatic heterocycles. The molecular formula is C12H6BrClFN3O3. The molecule has 2 rings (SSSR count). The molecule has 2 aromatic rings. The molecular weight excluding hydrogens is 369 g/mol. The summed E-state index contributed by atoms with van der Waals surface area (Å²) in [5.74, 6) is -1.53. The first-order chi connectivity index (χ1) is 9.90. The van der Waals surface area contributed by atoms with Crippen molar-refractivity contribution < 1.29 is 14.1 Å². The summed E-state index contributed by atoms with van der Waals surface area (Å²) >= 11 is 8.75. The average Bonchev–Trinajstić information content (AvgIpc) is 2.42. The lowest BCUT2D eigenvalue weighted by molar-refractivity contribution is -0.385. The van der Waals surface area contributed by atoms with E-state index in [9.17, 15) is 19.3 Å². The van der Waals surface area contributed by atoms with E-state index < -0.39 is 27.5 Å². The molecule has 1 aromatic heterocycles. The molecule has 1 aromatic carbocycles. The molecule has 0 atom stereocenters. The number of carbonyl (C=O) groups is 1. The second-order valence-corrected chi connectivity index (χ2v) is 5.11. The van der Waals surface area contributed by atoms with Gasteiger partial charge in [-0.25, -0.2) is 9.37 Å². The number of nitrogens with zero attached hydrogens (tertiary/aromatic N) is 2. The maximum Gasteiger partial charge on any atom is 0.319 e. The molecule has 1 amide bonds. The number of anilines is 1. The SMILES string of the molecule is O=C(Nc1cc(Br)ccc1F)c1ccnc(Cl)c1[N+](=O)[O-]. The lowest BCUT2D eigenvalue weighted by Gasteiger charge is -2.07. The third-order valence-corrected chi connectivity index (χ3v) is 3.25. The Balaban J connectivity index is 2.40. The Kier molecular flexibility index (Phi) is 4.49. The highest BCUT2D eigenvalue weighted by Gasteiger charge is 2.25. The summed E-state index contributed by atoms with van der Waals surface area (Å²) in [5.41, 5.74) is -1.05. The third-order valence-electron chi connectivity index (χ3n) is 2.48. The van der Waals surface area contributed by atoms with Crippen molar-refractivity contribution in [1.82, 2.24) is 4.98 Å². The molecule has 21 heavy (non-hydrogen) atoms. The van der Waals surface area contributed by atoms with Crippen LogP contribution < -0.4 is 5.32 Å². The highest BCUT2D eigenvalue weighted by atomic mass is 79.9. The minimum atomic E-state index is -0.858. The van der Waals surface area contributed by atoms with Crippen LogP contribution in [0.2, 0.25) is 5.15 Å². The second-order valence-electron chi connectivity index (χ2n) is 3.83. The number of aromatic nitrogens is 1. The Morgan fingerprint density at radius 1 is 1.43 bits per heavy atom. The van der Waals surface area contributed by atoms with Gasteiger partial charge in [0.05, 0.1) is 10.6 Å². The van der Waals surface area contributed by atoms with Crippen LogP contribution in [-0.4, -0.2) is 15.8 Å². The van der Waals surface area contributed by atoms with Gasteiger partial charge in [0.2, 0.25) is 5.15 Å². The Bertz CT molecular complexity index is 742. The van der Waals surface area contributed by atoms with Crippen LogP contribution in [0.25, 0.3) is 0 Å². The predicted molar refractivity (Wildman–Crippen MR) is 78.0 cm³/mol. The quantitative estimate of drug-likeness (QED) is 0.503. The smallest absolute Gasteiger partial charge is 0.319 e. The van der Waals surface area contributed by atoms with E-state index >= 15 is 0 Å². The van der Waals surface area contributed by atoms with Gasteiger partial charge in [0.15, 0.2) is 0 Å². The molecule has 1 N–H and O–H groups in total. The zero-order valence-corrected chi connectivity index (χ0v) is 12.5. The molecule has 0 radical (unpaired) electrons. The summed E-state index contributed by atoms with van der Waals surface area (Å²) < 4.78 is 14.1. The minimum absolute atomic E-state index is 0.114. The van der Waals surface area contributed by atoms with Gasteiger partial charge in [-0.2, -0.15) is 0 Å². The third kappa shape index (κ3) is 3.34. The fraction of sp³-hybridized carbons (Fsp3) is 0. The van der Waals surface area contributed by atoms with Crippen LogP contribution in [-0.2, 0) is 0 Å². The molecule has 9 heteroatoms. The zero-order chi connectivity index (χ0) is 15.6. The van der Waals surface area contributed by atoms with Crippen LogP contribution in [0.15, 0.2) is 34.9 Å². The number of carbonyl (C=O) groups excluding carboxylic acids is 1. The highest BCUT2D eigenvalue weighted by molar-refractivity contribution is 9.10. The Hall–Kier alpha value is -2.06. The molecule has 0 saturated heterocycles. The van der Waals surface area contributed by atoms with E-state index in [0.717, 1.165) is 18.3 Å². The van der Waals surface area contributed by atoms with E-state index in [-0.39, 0.29) is 11.3 Å². The molecule has 0 aliphatic carbocycles. The number of pyridine rings is 1. The lowest BCUT2D eigenvalue weighted by atomic mass is 10.2. The molecule has 0 aliphatic rings. The Morgan fingerprint density at radius 2 is 2.14 bits per heavy atom. The first-order valence-corrected chi connectivity index (χ1v) is 6.62. The monoisotopic (exact) mass is 373 g/mol. The van der Waals surface area contributed by atoms with E-state index in [0.29, 0.717) is 4.47 Å². The van der Waals surface area contributed by atoms with Crippen molar-refractivity contribution in [3.8, 4) is 0 Å². The van der Waals surface area contributed by atoms with Gasteiger partial charge in [-0.15, -0.1) is 0 Å². The molecule has 1 heterocycles. The van der Waals surface area contributed by atoms with Crippen molar-refractivity contribution in [2.24, 2.45) is 0 Å². The van der Waals surface area contributed by atoms with Gasteiger partial charge < -0.3 is 5.32 Å². The van der Waals surface area contributed by atoms with E-state index in [1.807, 2.05) is 0 Å². The van der Waals surface area contributed by atoms with E-state index in [1.165, 1.54) is 12.1 Å². The van der Waals surface area contributed by atoms with Gasteiger partial charge in [0, 0.05) is 10.7 Å². The summed E-state index contributed by atoms with van der Waals surface area (Å²) in [5, 5.41) is 12.8. The fourth-order valence-corrected chi connectivity index (χ4v) is 2.16. The first-order valence-electron chi connectivity index (χ1n) is 5.45. The molecule has 0 saturated carbocycles. The predicted octanol–water partition coefficient (Wildman–Crippen LogP) is 3.80. The van der Waals surface area contributed by atoms with Gasteiger partial charge in [0.25, 0.3) is 5.91 Å². The summed E-state index contributed by atoms with van der Waals surface area (Å²) in [6.07, 6.45) is 1.15. The van der Waals surface area contributed by atoms with Crippen molar-refractivity contribution in [3.05, 3.63) is 61.6 Å². The summed E-state index contributed by atoms with van der Waals surface area (Å²) in [4.78, 5) is 25.7. The van der Waals surface area contributed by atoms with Crippen molar-refractivity contribution in [2.75, 3.05) is 5.32 Å². The topological polar surface area (TPSA) is 85.1 Å². The zero-order valence-electron chi connectivity index (χ0n) is 10.1. The molecule has 108 valence electrons. The standard InChI is InChI=1S/C12H6BrClFN3O3/c13-6-1-2-8(15)9(5-6)17-12(19)7-3-4-16-11(14)10(7)18(20)21/h1-5H,(H,17,19). The van der Waals surface area contributed by atoms with Gasteiger partial charge in [-0.3, -0.25) is 14.9 Å². The van der Waals surface area contributed by atoms with Gasteiger partial charge in [0.1, 0.15) is 11.4 Å². The summed E-state index contributed by atoms with van der Waals surface area (Å²) in [6, 6.07) is 5.07. The number of hydrogen-bond acceptors (Lipinski definition) is 4. The maximum absolute atomic E-state index is 13.6. The van der Waals surface area contributed by atoms with Gasteiger partial charge in [-0.05, 0) is 24.3 Å². The largest absolute Gasteiger partial charge is 0.319 e. The van der Waals surface area contributed by atoms with Crippen LogP contribution in [0.5, 0.6) is 0 Å². The van der Waals surface area contributed by atoms with Crippen LogP contribution in [0.1, 0.15) is 10.4 Å². The number of rotatable bonds is 3. The molecule has 0 fully saturated rings.